The van der Waals surface area contributed by atoms with Crippen LogP contribution < -0.4 is 15.8 Å². The molecule has 1 amide bonds. The molecule has 23 heavy (non-hydrogen) atoms. The SMILES string of the molecule is CCc1ccc(CCC(=O)Nc2ccc(OCCN)cc2)cc1. The molecule has 2 rings (SSSR count). The minimum absolute atomic E-state index is 0.0141. The molecule has 0 radical (unpaired) electrons. The molecule has 4 nitrogen and oxygen atoms in total. The third kappa shape index (κ3) is 5.75. The summed E-state index contributed by atoms with van der Waals surface area (Å²) in [7, 11) is 0. The number of ether oxygens (including phenoxy) is 1. The zero-order chi connectivity index (χ0) is 16.5. The van der Waals surface area contributed by atoms with Crippen molar-refractivity contribution in [2.24, 2.45) is 5.73 Å². The molecule has 0 saturated heterocycles. The van der Waals surface area contributed by atoms with E-state index in [0.29, 0.717) is 19.6 Å². The average Bonchev–Trinajstić information content (AvgIpc) is 2.60. The summed E-state index contributed by atoms with van der Waals surface area (Å²) in [5.41, 5.74) is 8.66. The monoisotopic (exact) mass is 312 g/mol. The standard InChI is InChI=1S/C19H24N2O2/c1-2-15-3-5-16(6-4-15)7-12-19(22)21-17-8-10-18(11-9-17)23-14-13-20/h3-6,8-11H,2,7,12-14,20H2,1H3,(H,21,22). The zero-order valence-electron chi connectivity index (χ0n) is 13.5. The Bertz CT molecular complexity index is 606. The zero-order valence-corrected chi connectivity index (χ0v) is 13.5. The highest BCUT2D eigenvalue weighted by molar-refractivity contribution is 5.90. The maximum absolute atomic E-state index is 12.0. The summed E-state index contributed by atoms with van der Waals surface area (Å²) in [5.74, 6) is 0.768. The lowest BCUT2D eigenvalue weighted by Gasteiger charge is -2.08. The lowest BCUT2D eigenvalue weighted by Crippen LogP contribution is -2.12. The summed E-state index contributed by atoms with van der Waals surface area (Å²) in [6.07, 6.45) is 2.25. The Labute approximate surface area is 137 Å². The molecule has 0 bridgehead atoms. The summed E-state index contributed by atoms with van der Waals surface area (Å²) in [6.45, 7) is 3.11. The van der Waals surface area contributed by atoms with Crippen molar-refractivity contribution in [3.63, 3.8) is 0 Å². The van der Waals surface area contributed by atoms with Gasteiger partial charge in [-0.25, -0.2) is 0 Å². The van der Waals surface area contributed by atoms with Crippen LogP contribution in [0.1, 0.15) is 24.5 Å². The van der Waals surface area contributed by atoms with E-state index in [0.717, 1.165) is 24.3 Å². The van der Waals surface area contributed by atoms with Gasteiger partial charge in [-0.15, -0.1) is 0 Å². The third-order valence-corrected chi connectivity index (χ3v) is 3.60. The van der Waals surface area contributed by atoms with E-state index in [1.54, 1.807) is 0 Å². The summed E-state index contributed by atoms with van der Waals surface area (Å²) in [5, 5.41) is 2.90. The van der Waals surface area contributed by atoms with Crippen LogP contribution in [0.2, 0.25) is 0 Å². The Hall–Kier alpha value is -2.33. The smallest absolute Gasteiger partial charge is 0.224 e. The first-order chi connectivity index (χ1) is 11.2. The summed E-state index contributed by atoms with van der Waals surface area (Å²) >= 11 is 0. The quantitative estimate of drug-likeness (QED) is 0.787. The molecule has 0 fully saturated rings. The maximum Gasteiger partial charge on any atom is 0.224 e. The van der Waals surface area contributed by atoms with Crippen molar-refractivity contribution >= 4 is 11.6 Å². The molecule has 0 aliphatic heterocycles. The molecule has 3 N–H and O–H groups in total. The lowest BCUT2D eigenvalue weighted by atomic mass is 10.1. The predicted octanol–water partition coefficient (Wildman–Crippen LogP) is 3.16. The van der Waals surface area contributed by atoms with E-state index in [4.69, 9.17) is 10.5 Å². The summed E-state index contributed by atoms with van der Waals surface area (Å²) in [6, 6.07) is 15.7. The van der Waals surface area contributed by atoms with Crippen molar-refractivity contribution in [2.45, 2.75) is 26.2 Å². The molecule has 4 heteroatoms. The second-order valence-corrected chi connectivity index (χ2v) is 5.38. The van der Waals surface area contributed by atoms with Gasteiger partial charge >= 0.3 is 0 Å². The number of nitrogens with two attached hydrogens (primary N) is 1. The van der Waals surface area contributed by atoms with E-state index < -0.39 is 0 Å². The van der Waals surface area contributed by atoms with Crippen molar-refractivity contribution < 1.29 is 9.53 Å². The Morgan fingerprint density at radius 2 is 1.70 bits per heavy atom. The predicted molar refractivity (Wildman–Crippen MR) is 93.8 cm³/mol. The van der Waals surface area contributed by atoms with Crippen LogP contribution in [0, 0.1) is 0 Å². The highest BCUT2D eigenvalue weighted by Gasteiger charge is 2.04. The molecule has 122 valence electrons. The molecule has 2 aromatic carbocycles. The molecule has 0 aromatic heterocycles. The van der Waals surface area contributed by atoms with Gasteiger partial charge in [-0.2, -0.15) is 0 Å². The van der Waals surface area contributed by atoms with Crippen LogP contribution in [-0.4, -0.2) is 19.1 Å². The van der Waals surface area contributed by atoms with Crippen LogP contribution in [0.4, 0.5) is 5.69 Å². The highest BCUT2D eigenvalue weighted by Crippen LogP contribution is 2.16. The summed E-state index contributed by atoms with van der Waals surface area (Å²) < 4.78 is 5.40. The topological polar surface area (TPSA) is 64.3 Å². The fraction of sp³-hybridized carbons (Fsp3) is 0.316. The molecule has 0 spiro atoms. The minimum Gasteiger partial charge on any atom is -0.492 e. The highest BCUT2D eigenvalue weighted by atomic mass is 16.5. The Kier molecular flexibility index (Phi) is 6.63. The molecule has 0 aliphatic rings. The van der Waals surface area contributed by atoms with Gasteiger partial charge in [0.25, 0.3) is 0 Å². The summed E-state index contributed by atoms with van der Waals surface area (Å²) in [4.78, 5) is 12.0. The largest absolute Gasteiger partial charge is 0.492 e. The molecule has 0 unspecified atom stereocenters. The number of nitrogens with one attached hydrogen (secondary N) is 1. The van der Waals surface area contributed by atoms with Gasteiger partial charge in [-0.1, -0.05) is 31.2 Å². The van der Waals surface area contributed by atoms with E-state index in [-0.39, 0.29) is 5.91 Å². The normalized spacial score (nSPS) is 10.3. The van der Waals surface area contributed by atoms with Gasteiger partial charge in [0.1, 0.15) is 12.4 Å². The van der Waals surface area contributed by atoms with Gasteiger partial charge < -0.3 is 15.8 Å². The number of benzene rings is 2. The average molecular weight is 312 g/mol. The Morgan fingerprint density at radius 3 is 2.30 bits per heavy atom. The number of carbonyl (C=O) groups is 1. The third-order valence-electron chi connectivity index (χ3n) is 3.60. The van der Waals surface area contributed by atoms with Crippen molar-refractivity contribution in [3.8, 4) is 5.75 Å². The molecule has 0 atom stereocenters. The molecular formula is C19H24N2O2. The molecule has 0 aliphatic carbocycles. The lowest BCUT2D eigenvalue weighted by molar-refractivity contribution is -0.116. The van der Waals surface area contributed by atoms with Crippen molar-refractivity contribution in [1.82, 2.24) is 0 Å². The van der Waals surface area contributed by atoms with Gasteiger partial charge in [0.2, 0.25) is 5.91 Å². The first kappa shape index (κ1) is 17.0. The Balaban J connectivity index is 1.79. The first-order valence-electron chi connectivity index (χ1n) is 8.02. The van der Waals surface area contributed by atoms with Gasteiger partial charge in [-0.3, -0.25) is 4.79 Å². The fourth-order valence-corrected chi connectivity index (χ4v) is 2.23. The van der Waals surface area contributed by atoms with Crippen LogP contribution in [0.5, 0.6) is 5.75 Å². The molecule has 0 saturated carbocycles. The maximum atomic E-state index is 12.0. The second-order valence-electron chi connectivity index (χ2n) is 5.38. The van der Waals surface area contributed by atoms with Crippen LogP contribution in [0.25, 0.3) is 0 Å². The van der Waals surface area contributed by atoms with Crippen LogP contribution in [-0.2, 0) is 17.6 Å². The van der Waals surface area contributed by atoms with Crippen LogP contribution >= 0.6 is 0 Å². The number of amides is 1. The van der Waals surface area contributed by atoms with Crippen molar-refractivity contribution in [2.75, 3.05) is 18.5 Å². The van der Waals surface area contributed by atoms with Gasteiger partial charge in [0, 0.05) is 18.7 Å². The number of anilines is 1. The van der Waals surface area contributed by atoms with Gasteiger partial charge in [-0.05, 0) is 48.2 Å². The van der Waals surface area contributed by atoms with E-state index in [1.807, 2.05) is 24.3 Å². The number of rotatable bonds is 8. The van der Waals surface area contributed by atoms with Crippen molar-refractivity contribution in [1.29, 1.82) is 0 Å². The fourth-order valence-electron chi connectivity index (χ4n) is 2.23. The number of carbonyl (C=O) groups excluding carboxylic acids is 1. The second kappa shape index (κ2) is 8.96. The minimum atomic E-state index is 0.0141. The van der Waals surface area contributed by atoms with E-state index in [9.17, 15) is 4.79 Å². The molecule has 2 aromatic rings. The molecule has 0 heterocycles. The van der Waals surface area contributed by atoms with Gasteiger partial charge in [0.05, 0.1) is 0 Å². The van der Waals surface area contributed by atoms with Crippen molar-refractivity contribution in [3.05, 3.63) is 59.7 Å². The van der Waals surface area contributed by atoms with E-state index >= 15 is 0 Å². The van der Waals surface area contributed by atoms with E-state index in [2.05, 4.69) is 36.5 Å². The molecular weight excluding hydrogens is 288 g/mol. The van der Waals surface area contributed by atoms with Crippen LogP contribution in [0.15, 0.2) is 48.5 Å². The number of hydrogen-bond acceptors (Lipinski definition) is 3. The van der Waals surface area contributed by atoms with E-state index in [1.165, 1.54) is 11.1 Å². The Morgan fingerprint density at radius 1 is 1.04 bits per heavy atom. The number of aryl methyl sites for hydroxylation is 2. The number of hydrogen-bond donors (Lipinski definition) is 2. The van der Waals surface area contributed by atoms with Crippen LogP contribution in [0.3, 0.4) is 0 Å². The van der Waals surface area contributed by atoms with Gasteiger partial charge in [0.15, 0.2) is 0 Å². The first-order valence-corrected chi connectivity index (χ1v) is 8.02.